The molecule has 1 atom stereocenters. The van der Waals surface area contributed by atoms with E-state index in [1.165, 1.54) is 23.8 Å². The van der Waals surface area contributed by atoms with Crippen LogP contribution in [0.15, 0.2) is 24.3 Å². The van der Waals surface area contributed by atoms with Gasteiger partial charge in [0.15, 0.2) is 0 Å². The van der Waals surface area contributed by atoms with Gasteiger partial charge in [0.1, 0.15) is 5.60 Å². The van der Waals surface area contributed by atoms with Crippen LogP contribution in [0.1, 0.15) is 57.2 Å². The second kappa shape index (κ2) is 7.39. The first-order chi connectivity index (χ1) is 11.6. The maximum Gasteiger partial charge on any atom is 0.220 e. The summed E-state index contributed by atoms with van der Waals surface area (Å²) in [5, 5.41) is 4.34. The molecular formula is C20H28N2O2. The van der Waals surface area contributed by atoms with E-state index in [-0.39, 0.29) is 5.91 Å². The van der Waals surface area contributed by atoms with E-state index < -0.39 is 5.60 Å². The number of amides is 1. The number of benzene rings is 1. The highest BCUT2D eigenvalue weighted by molar-refractivity contribution is 5.85. The molecule has 1 amide bonds. The van der Waals surface area contributed by atoms with Crippen LogP contribution in [0.25, 0.3) is 10.9 Å². The number of fused-ring (bicyclic) bond motifs is 3. The summed E-state index contributed by atoms with van der Waals surface area (Å²) >= 11 is 0. The minimum atomic E-state index is -0.480. The SMILES string of the molecule is CCCCCCC(=O)NCC1(C)OCCc2c1[nH]c1ccccc21. The van der Waals surface area contributed by atoms with Crippen molar-refractivity contribution in [2.75, 3.05) is 13.2 Å². The Morgan fingerprint density at radius 3 is 2.96 bits per heavy atom. The van der Waals surface area contributed by atoms with E-state index in [9.17, 15) is 4.79 Å². The number of carbonyl (C=O) groups excluding carboxylic acids is 1. The molecule has 1 aliphatic heterocycles. The predicted octanol–water partition coefficient (Wildman–Crippen LogP) is 4.04. The van der Waals surface area contributed by atoms with E-state index in [2.05, 4.69) is 42.3 Å². The number of hydrogen-bond acceptors (Lipinski definition) is 2. The molecule has 2 aromatic rings. The van der Waals surface area contributed by atoms with E-state index in [1.54, 1.807) is 0 Å². The Kier molecular flexibility index (Phi) is 5.24. The Labute approximate surface area is 144 Å². The number of rotatable bonds is 7. The van der Waals surface area contributed by atoms with Crippen molar-refractivity contribution in [3.63, 3.8) is 0 Å². The summed E-state index contributed by atoms with van der Waals surface area (Å²) in [6.45, 7) is 5.45. The normalized spacial score (nSPS) is 20.1. The fourth-order valence-electron chi connectivity index (χ4n) is 3.57. The molecule has 0 bridgehead atoms. The third-order valence-corrected chi connectivity index (χ3v) is 5.00. The molecule has 4 nitrogen and oxygen atoms in total. The number of unbranched alkanes of at least 4 members (excludes halogenated alkanes) is 3. The topological polar surface area (TPSA) is 54.1 Å². The Bertz CT molecular complexity index is 707. The highest BCUT2D eigenvalue weighted by atomic mass is 16.5. The Hall–Kier alpha value is -1.81. The van der Waals surface area contributed by atoms with Crippen molar-refractivity contribution in [1.29, 1.82) is 0 Å². The van der Waals surface area contributed by atoms with Gasteiger partial charge in [0.25, 0.3) is 0 Å². The van der Waals surface area contributed by atoms with Crippen molar-refractivity contribution >= 4 is 16.8 Å². The molecule has 2 N–H and O–H groups in total. The molecule has 1 unspecified atom stereocenters. The van der Waals surface area contributed by atoms with Crippen LogP contribution < -0.4 is 5.32 Å². The second-order valence-corrected chi connectivity index (χ2v) is 6.94. The maximum absolute atomic E-state index is 12.1. The van der Waals surface area contributed by atoms with E-state index in [0.29, 0.717) is 19.6 Å². The van der Waals surface area contributed by atoms with Crippen molar-refractivity contribution in [3.8, 4) is 0 Å². The van der Waals surface area contributed by atoms with Crippen LogP contribution in [0, 0.1) is 0 Å². The van der Waals surface area contributed by atoms with Crippen LogP contribution in [0.2, 0.25) is 0 Å². The van der Waals surface area contributed by atoms with Crippen molar-refractivity contribution < 1.29 is 9.53 Å². The average molecular weight is 328 g/mol. The van der Waals surface area contributed by atoms with E-state index in [0.717, 1.165) is 30.5 Å². The molecule has 0 saturated carbocycles. The van der Waals surface area contributed by atoms with E-state index in [4.69, 9.17) is 4.74 Å². The molecule has 2 heterocycles. The molecule has 0 aliphatic carbocycles. The van der Waals surface area contributed by atoms with Gasteiger partial charge in [-0.3, -0.25) is 4.79 Å². The number of para-hydroxylation sites is 1. The standard InChI is InChI=1S/C20H28N2O2/c1-3-4-5-6-11-18(23)21-14-20(2)19-16(12-13-24-20)15-9-7-8-10-17(15)22-19/h7-10,22H,3-6,11-14H2,1-2H3,(H,21,23). The summed E-state index contributed by atoms with van der Waals surface area (Å²) < 4.78 is 6.07. The average Bonchev–Trinajstić information content (AvgIpc) is 2.98. The predicted molar refractivity (Wildman–Crippen MR) is 97.1 cm³/mol. The smallest absolute Gasteiger partial charge is 0.220 e. The summed E-state index contributed by atoms with van der Waals surface area (Å²) in [7, 11) is 0. The number of carbonyl (C=O) groups is 1. The van der Waals surface area contributed by atoms with Crippen molar-refractivity contribution in [2.24, 2.45) is 0 Å². The largest absolute Gasteiger partial charge is 0.367 e. The van der Waals surface area contributed by atoms with Gasteiger partial charge in [0, 0.05) is 17.3 Å². The van der Waals surface area contributed by atoms with Crippen molar-refractivity contribution in [1.82, 2.24) is 10.3 Å². The van der Waals surface area contributed by atoms with Crippen molar-refractivity contribution in [3.05, 3.63) is 35.5 Å². The zero-order chi connectivity index (χ0) is 17.0. The molecule has 0 fully saturated rings. The molecule has 3 rings (SSSR count). The molecule has 0 radical (unpaired) electrons. The maximum atomic E-state index is 12.1. The first-order valence-electron chi connectivity index (χ1n) is 9.15. The molecule has 0 spiro atoms. The molecule has 130 valence electrons. The summed E-state index contributed by atoms with van der Waals surface area (Å²) in [5.74, 6) is 0.124. The number of aromatic amines is 1. The first kappa shape index (κ1) is 17.0. The van der Waals surface area contributed by atoms with E-state index in [1.807, 2.05) is 6.07 Å². The lowest BCUT2D eigenvalue weighted by Gasteiger charge is -2.34. The minimum Gasteiger partial charge on any atom is -0.367 e. The molecule has 4 heteroatoms. The van der Waals surface area contributed by atoms with Gasteiger partial charge in [-0.15, -0.1) is 0 Å². The quantitative estimate of drug-likeness (QED) is 0.754. The van der Waals surface area contributed by atoms with Crippen LogP contribution >= 0.6 is 0 Å². The molecule has 1 aromatic carbocycles. The summed E-state index contributed by atoms with van der Waals surface area (Å²) in [5.41, 5.74) is 3.11. The molecule has 1 aliphatic rings. The lowest BCUT2D eigenvalue weighted by molar-refractivity contribution is -0.123. The lowest BCUT2D eigenvalue weighted by atomic mass is 9.92. The lowest BCUT2D eigenvalue weighted by Crippen LogP contribution is -2.43. The van der Waals surface area contributed by atoms with Crippen LogP contribution in [-0.2, 0) is 21.6 Å². The van der Waals surface area contributed by atoms with Gasteiger partial charge in [-0.2, -0.15) is 0 Å². The molecule has 0 saturated heterocycles. The number of nitrogens with one attached hydrogen (secondary N) is 2. The van der Waals surface area contributed by atoms with Gasteiger partial charge in [0.2, 0.25) is 5.91 Å². The minimum absolute atomic E-state index is 0.124. The van der Waals surface area contributed by atoms with Crippen LogP contribution in [-0.4, -0.2) is 24.0 Å². The monoisotopic (exact) mass is 328 g/mol. The Morgan fingerprint density at radius 2 is 2.12 bits per heavy atom. The summed E-state index contributed by atoms with van der Waals surface area (Å²) in [6.07, 6.45) is 6.01. The van der Waals surface area contributed by atoms with Gasteiger partial charge < -0.3 is 15.0 Å². The number of hydrogen-bond donors (Lipinski definition) is 2. The third kappa shape index (κ3) is 3.48. The number of H-pyrrole nitrogens is 1. The highest BCUT2D eigenvalue weighted by Crippen LogP contribution is 2.36. The van der Waals surface area contributed by atoms with Crippen LogP contribution in [0.3, 0.4) is 0 Å². The zero-order valence-electron chi connectivity index (χ0n) is 14.8. The third-order valence-electron chi connectivity index (χ3n) is 5.00. The van der Waals surface area contributed by atoms with Gasteiger partial charge >= 0.3 is 0 Å². The van der Waals surface area contributed by atoms with Gasteiger partial charge in [-0.05, 0) is 31.4 Å². The fraction of sp³-hybridized carbons (Fsp3) is 0.550. The summed E-state index contributed by atoms with van der Waals surface area (Å²) in [4.78, 5) is 15.6. The molecule has 1 aromatic heterocycles. The van der Waals surface area contributed by atoms with Crippen molar-refractivity contribution in [2.45, 2.75) is 58.0 Å². The number of aromatic nitrogens is 1. The molecular weight excluding hydrogens is 300 g/mol. The van der Waals surface area contributed by atoms with Crippen LogP contribution in [0.4, 0.5) is 0 Å². The van der Waals surface area contributed by atoms with Gasteiger partial charge in [0.05, 0.1) is 18.8 Å². The van der Waals surface area contributed by atoms with E-state index >= 15 is 0 Å². The fourth-order valence-corrected chi connectivity index (χ4v) is 3.57. The Balaban J connectivity index is 1.67. The zero-order valence-corrected chi connectivity index (χ0v) is 14.8. The Morgan fingerprint density at radius 1 is 1.29 bits per heavy atom. The van der Waals surface area contributed by atoms with Crippen LogP contribution in [0.5, 0.6) is 0 Å². The second-order valence-electron chi connectivity index (χ2n) is 6.94. The number of ether oxygens (including phenoxy) is 1. The summed E-state index contributed by atoms with van der Waals surface area (Å²) in [6, 6.07) is 8.37. The highest BCUT2D eigenvalue weighted by Gasteiger charge is 2.36. The molecule has 24 heavy (non-hydrogen) atoms. The first-order valence-corrected chi connectivity index (χ1v) is 9.15. The van der Waals surface area contributed by atoms with Gasteiger partial charge in [-0.1, -0.05) is 44.4 Å². The van der Waals surface area contributed by atoms with Gasteiger partial charge in [-0.25, -0.2) is 0 Å².